The number of hydrogen-bond acceptors (Lipinski definition) is 5. The van der Waals surface area contributed by atoms with Gasteiger partial charge in [0.1, 0.15) is 18.4 Å². The monoisotopic (exact) mass is 523 g/mol. The molecule has 0 aliphatic carbocycles. The Morgan fingerprint density at radius 3 is 2.41 bits per heavy atom. The number of rotatable bonds is 9. The minimum absolute atomic E-state index is 0.0639. The van der Waals surface area contributed by atoms with Crippen molar-refractivity contribution in [2.45, 2.75) is 38.3 Å². The number of fused-ring (bicyclic) bond motifs is 1. The maximum absolute atomic E-state index is 13.4. The molecule has 39 heavy (non-hydrogen) atoms. The Morgan fingerprint density at radius 2 is 1.64 bits per heavy atom. The zero-order valence-electron chi connectivity index (χ0n) is 21.4. The second kappa shape index (κ2) is 11.7. The second-order valence-corrected chi connectivity index (χ2v) is 9.49. The van der Waals surface area contributed by atoms with Crippen LogP contribution in [0.5, 0.6) is 5.75 Å². The van der Waals surface area contributed by atoms with Crippen LogP contribution in [0.2, 0.25) is 0 Å². The molecule has 1 heterocycles. The summed E-state index contributed by atoms with van der Waals surface area (Å²) < 4.78 is 11.2. The largest absolute Gasteiger partial charge is 0.468 e. The van der Waals surface area contributed by atoms with E-state index in [9.17, 15) is 14.4 Å². The van der Waals surface area contributed by atoms with Crippen LogP contribution in [0.1, 0.15) is 16.7 Å². The lowest BCUT2D eigenvalue weighted by Crippen LogP contribution is -2.72. The summed E-state index contributed by atoms with van der Waals surface area (Å²) in [4.78, 5) is 38.4. The normalized spacial score (nSPS) is 16.9. The van der Waals surface area contributed by atoms with Crippen molar-refractivity contribution >= 4 is 28.7 Å². The SMILES string of the molecule is Cc1cccc(O[C@H]2NC(=O)[C@H]2NC(=O)[C@H](Cc2ccc3ccccc3c2)NC(=O)OCc2ccccc2)c1. The van der Waals surface area contributed by atoms with Gasteiger partial charge >= 0.3 is 6.09 Å². The molecule has 1 aliphatic heterocycles. The number of hydrogen-bond donors (Lipinski definition) is 3. The van der Waals surface area contributed by atoms with Crippen LogP contribution < -0.4 is 20.7 Å². The van der Waals surface area contributed by atoms with E-state index < -0.39 is 30.3 Å². The van der Waals surface area contributed by atoms with Crippen LogP contribution in [-0.2, 0) is 27.4 Å². The Kier molecular flexibility index (Phi) is 7.73. The molecule has 4 aromatic rings. The maximum Gasteiger partial charge on any atom is 0.408 e. The minimum Gasteiger partial charge on any atom is -0.468 e. The van der Waals surface area contributed by atoms with Crippen molar-refractivity contribution in [3.63, 3.8) is 0 Å². The summed E-state index contributed by atoms with van der Waals surface area (Å²) in [6, 6.07) is 28.6. The van der Waals surface area contributed by atoms with Crippen molar-refractivity contribution in [1.82, 2.24) is 16.0 Å². The third-order valence-corrected chi connectivity index (χ3v) is 6.50. The zero-order chi connectivity index (χ0) is 27.2. The minimum atomic E-state index is -0.984. The average Bonchev–Trinajstić information content (AvgIpc) is 2.94. The highest BCUT2D eigenvalue weighted by atomic mass is 16.5. The van der Waals surface area contributed by atoms with Gasteiger partial charge in [-0.3, -0.25) is 9.59 Å². The number of carbonyl (C=O) groups is 3. The van der Waals surface area contributed by atoms with Gasteiger partial charge in [-0.05, 0) is 46.5 Å². The van der Waals surface area contributed by atoms with E-state index in [0.717, 1.165) is 27.5 Å². The van der Waals surface area contributed by atoms with Crippen LogP contribution in [0.15, 0.2) is 97.1 Å². The third kappa shape index (κ3) is 6.54. The molecule has 0 bridgehead atoms. The molecule has 0 saturated carbocycles. The number of aryl methyl sites for hydroxylation is 1. The van der Waals surface area contributed by atoms with E-state index in [2.05, 4.69) is 16.0 Å². The summed E-state index contributed by atoms with van der Waals surface area (Å²) in [6.45, 7) is 2.00. The van der Waals surface area contributed by atoms with E-state index in [1.54, 1.807) is 6.07 Å². The van der Waals surface area contributed by atoms with E-state index in [1.807, 2.05) is 97.9 Å². The Balaban J connectivity index is 1.29. The molecule has 3 amide bonds. The molecule has 0 spiro atoms. The van der Waals surface area contributed by atoms with Crippen molar-refractivity contribution in [2.24, 2.45) is 0 Å². The zero-order valence-corrected chi connectivity index (χ0v) is 21.4. The van der Waals surface area contributed by atoms with Gasteiger partial charge in [0.25, 0.3) is 5.91 Å². The molecule has 3 N–H and O–H groups in total. The molecule has 8 heteroatoms. The molecule has 3 atom stereocenters. The van der Waals surface area contributed by atoms with Crippen LogP contribution in [0.25, 0.3) is 10.8 Å². The first-order valence-electron chi connectivity index (χ1n) is 12.7. The van der Waals surface area contributed by atoms with Crippen molar-refractivity contribution in [2.75, 3.05) is 0 Å². The highest BCUT2D eigenvalue weighted by molar-refractivity contribution is 5.95. The van der Waals surface area contributed by atoms with Crippen LogP contribution in [0.4, 0.5) is 4.79 Å². The number of alkyl carbamates (subject to hydrolysis) is 1. The maximum atomic E-state index is 13.4. The Labute approximate surface area is 226 Å². The molecular formula is C31H29N3O5. The van der Waals surface area contributed by atoms with E-state index in [4.69, 9.17) is 9.47 Å². The van der Waals surface area contributed by atoms with Gasteiger partial charge in [0.2, 0.25) is 12.1 Å². The van der Waals surface area contributed by atoms with Gasteiger partial charge in [0, 0.05) is 6.42 Å². The predicted octanol–water partition coefficient (Wildman–Crippen LogP) is 4.01. The summed E-state index contributed by atoms with van der Waals surface area (Å²) >= 11 is 0. The lowest BCUT2D eigenvalue weighted by molar-refractivity contribution is -0.143. The van der Waals surface area contributed by atoms with E-state index in [0.29, 0.717) is 5.75 Å². The van der Waals surface area contributed by atoms with Crippen LogP contribution in [0, 0.1) is 6.92 Å². The van der Waals surface area contributed by atoms with Gasteiger partial charge < -0.3 is 25.4 Å². The topological polar surface area (TPSA) is 106 Å². The first-order valence-corrected chi connectivity index (χ1v) is 12.7. The Bertz CT molecular complexity index is 1490. The van der Waals surface area contributed by atoms with Crippen molar-refractivity contribution < 1.29 is 23.9 Å². The Hall–Kier alpha value is -4.85. The Morgan fingerprint density at radius 1 is 0.872 bits per heavy atom. The number of amides is 3. The third-order valence-electron chi connectivity index (χ3n) is 6.50. The smallest absolute Gasteiger partial charge is 0.408 e. The molecule has 4 aromatic carbocycles. The first kappa shape index (κ1) is 25.8. The van der Waals surface area contributed by atoms with E-state index in [1.165, 1.54) is 0 Å². The van der Waals surface area contributed by atoms with Crippen molar-refractivity contribution in [3.8, 4) is 5.75 Å². The van der Waals surface area contributed by atoms with Gasteiger partial charge in [-0.25, -0.2) is 4.79 Å². The summed E-state index contributed by atoms with van der Waals surface area (Å²) in [5.41, 5.74) is 2.68. The summed E-state index contributed by atoms with van der Waals surface area (Å²) in [5, 5.41) is 10.2. The van der Waals surface area contributed by atoms with Crippen LogP contribution in [0.3, 0.4) is 0 Å². The fourth-order valence-electron chi connectivity index (χ4n) is 4.40. The second-order valence-electron chi connectivity index (χ2n) is 9.49. The van der Waals surface area contributed by atoms with Gasteiger partial charge in [-0.2, -0.15) is 0 Å². The fraction of sp³-hybridized carbons (Fsp3) is 0.194. The van der Waals surface area contributed by atoms with Gasteiger partial charge in [0.15, 0.2) is 6.04 Å². The van der Waals surface area contributed by atoms with Gasteiger partial charge in [-0.1, -0.05) is 84.9 Å². The van der Waals surface area contributed by atoms with Crippen molar-refractivity contribution in [1.29, 1.82) is 0 Å². The molecule has 198 valence electrons. The highest BCUT2D eigenvalue weighted by Crippen LogP contribution is 2.19. The molecule has 8 nitrogen and oxygen atoms in total. The quantitative estimate of drug-likeness (QED) is 0.288. The van der Waals surface area contributed by atoms with E-state index >= 15 is 0 Å². The predicted molar refractivity (Wildman–Crippen MR) is 147 cm³/mol. The number of ether oxygens (including phenoxy) is 2. The van der Waals surface area contributed by atoms with Gasteiger partial charge in [-0.15, -0.1) is 0 Å². The van der Waals surface area contributed by atoms with Crippen LogP contribution >= 0.6 is 0 Å². The molecule has 5 rings (SSSR count). The molecule has 1 aliphatic rings. The fourth-order valence-corrected chi connectivity index (χ4v) is 4.40. The first-order chi connectivity index (χ1) is 18.9. The number of carbonyl (C=O) groups excluding carboxylic acids is 3. The van der Waals surface area contributed by atoms with Gasteiger partial charge in [0.05, 0.1) is 0 Å². The lowest BCUT2D eigenvalue weighted by Gasteiger charge is -2.37. The molecule has 1 saturated heterocycles. The number of benzene rings is 4. The highest BCUT2D eigenvalue weighted by Gasteiger charge is 2.43. The molecule has 0 unspecified atom stereocenters. The number of nitrogens with one attached hydrogen (secondary N) is 3. The molecular weight excluding hydrogens is 494 g/mol. The summed E-state index contributed by atoms with van der Waals surface area (Å²) in [5.74, 6) is -0.302. The number of β-lactam (4-membered cyclic amide) rings is 1. The van der Waals surface area contributed by atoms with Crippen molar-refractivity contribution in [3.05, 3.63) is 114 Å². The molecule has 0 radical (unpaired) electrons. The van der Waals surface area contributed by atoms with Crippen LogP contribution in [-0.4, -0.2) is 36.2 Å². The average molecular weight is 524 g/mol. The lowest BCUT2D eigenvalue weighted by atomic mass is 10.0. The van der Waals surface area contributed by atoms with E-state index in [-0.39, 0.29) is 18.9 Å². The summed E-state index contributed by atoms with van der Waals surface area (Å²) in [7, 11) is 0. The molecule has 1 fully saturated rings. The summed E-state index contributed by atoms with van der Waals surface area (Å²) in [6.07, 6.45) is -1.26. The molecule has 0 aromatic heterocycles. The standard InChI is InChI=1S/C31H29N3O5/c1-20-8-7-13-25(16-20)39-30-27(29(36)34-30)33-28(35)26(32-31(37)38-19-21-9-3-2-4-10-21)18-22-14-15-23-11-5-6-12-24(23)17-22/h2-17,26-27,30H,18-19H2,1H3,(H,32,37)(H,33,35)(H,34,36)/t26-,27+,30+/m0/s1.